The molecular weight excluding hydrogens is 311 g/mol. The van der Waals surface area contributed by atoms with E-state index >= 15 is 0 Å². The largest absolute Gasteiger partial charge is 0.495 e. The third-order valence-electron chi connectivity index (χ3n) is 2.84. The zero-order chi connectivity index (χ0) is 14.0. The van der Waals surface area contributed by atoms with Crippen molar-refractivity contribution in [1.82, 2.24) is 4.98 Å². The molecule has 100 valence electrons. The first-order chi connectivity index (χ1) is 9.02. The normalized spacial score (nSPS) is 10.4. The van der Waals surface area contributed by atoms with Crippen LogP contribution in [0.5, 0.6) is 5.75 Å². The predicted molar refractivity (Wildman–Crippen MR) is 77.7 cm³/mol. The maximum absolute atomic E-state index is 13.4. The molecule has 0 atom stereocenters. The van der Waals surface area contributed by atoms with Gasteiger partial charge < -0.3 is 9.64 Å². The summed E-state index contributed by atoms with van der Waals surface area (Å²) in [4.78, 5) is 6.17. The van der Waals surface area contributed by atoms with Gasteiger partial charge in [0.15, 0.2) is 0 Å². The number of hydrogen-bond acceptors (Lipinski definition) is 3. The molecule has 0 saturated carbocycles. The Bertz CT molecular complexity index is 604. The van der Waals surface area contributed by atoms with Crippen molar-refractivity contribution in [1.29, 1.82) is 0 Å². The van der Waals surface area contributed by atoms with E-state index in [2.05, 4.69) is 20.9 Å². The number of anilines is 2. The zero-order valence-electron chi connectivity index (χ0n) is 10.9. The second kappa shape index (κ2) is 5.57. The molecule has 0 spiro atoms. The molecule has 3 nitrogen and oxygen atoms in total. The third-order valence-corrected chi connectivity index (χ3v) is 3.27. The van der Waals surface area contributed by atoms with Crippen molar-refractivity contribution in [3.8, 4) is 5.75 Å². The van der Waals surface area contributed by atoms with Gasteiger partial charge in [0.25, 0.3) is 0 Å². The Labute approximate surface area is 120 Å². The van der Waals surface area contributed by atoms with Gasteiger partial charge in [0, 0.05) is 23.8 Å². The standard InChI is InChI=1S/C14H14BrFN2O/c1-9-6-10(15)8-17-14(9)18(2)12-7-11(16)4-5-13(12)19-3/h4-8H,1-3H3. The van der Waals surface area contributed by atoms with E-state index in [-0.39, 0.29) is 5.82 Å². The summed E-state index contributed by atoms with van der Waals surface area (Å²) < 4.78 is 19.6. The minimum atomic E-state index is -0.308. The molecule has 5 heteroatoms. The van der Waals surface area contributed by atoms with E-state index in [9.17, 15) is 4.39 Å². The Morgan fingerprint density at radius 2 is 2.05 bits per heavy atom. The van der Waals surface area contributed by atoms with E-state index in [1.807, 2.05) is 24.9 Å². The lowest BCUT2D eigenvalue weighted by Gasteiger charge is -2.22. The summed E-state index contributed by atoms with van der Waals surface area (Å²) in [6.07, 6.45) is 1.71. The minimum Gasteiger partial charge on any atom is -0.495 e. The summed E-state index contributed by atoms with van der Waals surface area (Å²) in [5.41, 5.74) is 1.63. The Kier molecular flexibility index (Phi) is 4.04. The average molecular weight is 325 g/mol. The summed E-state index contributed by atoms with van der Waals surface area (Å²) in [5, 5.41) is 0. The van der Waals surface area contributed by atoms with Crippen LogP contribution in [0, 0.1) is 12.7 Å². The van der Waals surface area contributed by atoms with E-state index in [0.29, 0.717) is 11.4 Å². The molecule has 0 amide bonds. The molecule has 1 aromatic heterocycles. The van der Waals surface area contributed by atoms with Gasteiger partial charge in [-0.25, -0.2) is 9.37 Å². The fourth-order valence-electron chi connectivity index (χ4n) is 1.92. The van der Waals surface area contributed by atoms with Crippen molar-refractivity contribution < 1.29 is 9.13 Å². The molecule has 1 aromatic carbocycles. The monoisotopic (exact) mass is 324 g/mol. The number of benzene rings is 1. The second-order valence-electron chi connectivity index (χ2n) is 4.17. The molecule has 0 bridgehead atoms. The van der Waals surface area contributed by atoms with Crippen LogP contribution in [0.2, 0.25) is 0 Å². The van der Waals surface area contributed by atoms with Gasteiger partial charge in [0.1, 0.15) is 17.4 Å². The summed E-state index contributed by atoms with van der Waals surface area (Å²) in [7, 11) is 3.40. The fourth-order valence-corrected chi connectivity index (χ4v) is 2.37. The van der Waals surface area contributed by atoms with E-state index in [0.717, 1.165) is 15.9 Å². The molecule has 1 heterocycles. The van der Waals surface area contributed by atoms with Gasteiger partial charge in [0.2, 0.25) is 0 Å². The number of methoxy groups -OCH3 is 1. The molecule has 0 radical (unpaired) electrons. The number of ether oxygens (including phenoxy) is 1. The highest BCUT2D eigenvalue weighted by molar-refractivity contribution is 9.10. The number of rotatable bonds is 3. The van der Waals surface area contributed by atoms with Gasteiger partial charge >= 0.3 is 0 Å². The van der Waals surface area contributed by atoms with Crippen molar-refractivity contribution in [3.05, 3.63) is 46.3 Å². The molecule has 0 aliphatic carbocycles. The van der Waals surface area contributed by atoms with Crippen LogP contribution in [-0.4, -0.2) is 19.1 Å². The van der Waals surface area contributed by atoms with Crippen LogP contribution >= 0.6 is 15.9 Å². The lowest BCUT2D eigenvalue weighted by molar-refractivity contribution is 0.414. The van der Waals surface area contributed by atoms with Gasteiger partial charge in [0.05, 0.1) is 12.8 Å². The highest BCUT2D eigenvalue weighted by atomic mass is 79.9. The molecule has 0 aliphatic heterocycles. The van der Waals surface area contributed by atoms with Gasteiger partial charge in [-0.2, -0.15) is 0 Å². The lowest BCUT2D eigenvalue weighted by atomic mass is 10.2. The van der Waals surface area contributed by atoms with Gasteiger partial charge in [-0.3, -0.25) is 0 Å². The molecule has 2 aromatic rings. The van der Waals surface area contributed by atoms with Crippen LogP contribution in [-0.2, 0) is 0 Å². The Balaban J connectivity index is 2.49. The van der Waals surface area contributed by atoms with Gasteiger partial charge in [-0.1, -0.05) is 0 Å². The molecular formula is C14H14BrFN2O. The summed E-state index contributed by atoms with van der Waals surface area (Å²) >= 11 is 3.38. The molecule has 0 unspecified atom stereocenters. The van der Waals surface area contributed by atoms with Crippen LogP contribution in [0.1, 0.15) is 5.56 Å². The predicted octanol–water partition coefficient (Wildman–Crippen LogP) is 4.07. The smallest absolute Gasteiger partial charge is 0.142 e. The second-order valence-corrected chi connectivity index (χ2v) is 5.08. The fraction of sp³-hybridized carbons (Fsp3) is 0.214. The van der Waals surface area contributed by atoms with Gasteiger partial charge in [-0.05, 0) is 46.6 Å². The van der Waals surface area contributed by atoms with E-state index in [1.165, 1.54) is 12.1 Å². The van der Waals surface area contributed by atoms with Crippen molar-refractivity contribution in [2.75, 3.05) is 19.1 Å². The van der Waals surface area contributed by atoms with Crippen LogP contribution in [0.3, 0.4) is 0 Å². The van der Waals surface area contributed by atoms with Gasteiger partial charge in [-0.15, -0.1) is 0 Å². The van der Waals surface area contributed by atoms with Crippen LogP contribution < -0.4 is 9.64 Å². The van der Waals surface area contributed by atoms with Crippen molar-refractivity contribution in [2.45, 2.75) is 6.92 Å². The molecule has 2 rings (SSSR count). The molecule has 19 heavy (non-hydrogen) atoms. The summed E-state index contributed by atoms with van der Waals surface area (Å²) in [6.45, 7) is 1.95. The number of halogens is 2. The molecule has 0 N–H and O–H groups in total. The Morgan fingerprint density at radius 1 is 1.32 bits per heavy atom. The topological polar surface area (TPSA) is 25.4 Å². The number of aryl methyl sites for hydroxylation is 1. The van der Waals surface area contributed by atoms with Crippen molar-refractivity contribution in [2.24, 2.45) is 0 Å². The van der Waals surface area contributed by atoms with E-state index in [1.54, 1.807) is 19.4 Å². The summed E-state index contributed by atoms with van der Waals surface area (Å²) in [5.74, 6) is 1.05. The van der Waals surface area contributed by atoms with Crippen LogP contribution in [0.4, 0.5) is 15.9 Å². The first-order valence-electron chi connectivity index (χ1n) is 5.72. The molecule has 0 saturated heterocycles. The first-order valence-corrected chi connectivity index (χ1v) is 6.51. The highest BCUT2D eigenvalue weighted by Crippen LogP contribution is 2.33. The van der Waals surface area contributed by atoms with Crippen LogP contribution in [0.15, 0.2) is 34.9 Å². The van der Waals surface area contributed by atoms with Crippen molar-refractivity contribution >= 4 is 27.4 Å². The third kappa shape index (κ3) is 2.87. The number of aromatic nitrogens is 1. The highest BCUT2D eigenvalue weighted by Gasteiger charge is 2.14. The lowest BCUT2D eigenvalue weighted by Crippen LogP contribution is -2.14. The Hall–Kier alpha value is -1.62. The average Bonchev–Trinajstić information content (AvgIpc) is 2.38. The maximum Gasteiger partial charge on any atom is 0.142 e. The zero-order valence-corrected chi connectivity index (χ0v) is 12.5. The number of pyridine rings is 1. The van der Waals surface area contributed by atoms with Crippen LogP contribution in [0.25, 0.3) is 0 Å². The number of hydrogen-bond donors (Lipinski definition) is 0. The minimum absolute atomic E-state index is 0.308. The van der Waals surface area contributed by atoms with Crippen molar-refractivity contribution in [3.63, 3.8) is 0 Å². The Morgan fingerprint density at radius 3 is 2.68 bits per heavy atom. The first kappa shape index (κ1) is 13.8. The maximum atomic E-state index is 13.4. The summed E-state index contributed by atoms with van der Waals surface area (Å²) in [6, 6.07) is 6.38. The quantitative estimate of drug-likeness (QED) is 0.851. The number of nitrogens with zero attached hydrogens (tertiary/aromatic N) is 2. The SMILES string of the molecule is COc1ccc(F)cc1N(C)c1ncc(Br)cc1C. The molecule has 0 aliphatic rings. The molecule has 0 fully saturated rings. The van der Waals surface area contributed by atoms with E-state index in [4.69, 9.17) is 4.74 Å². The van der Waals surface area contributed by atoms with E-state index < -0.39 is 0 Å².